The van der Waals surface area contributed by atoms with Crippen LogP contribution in [0.3, 0.4) is 0 Å². The zero-order valence-electron chi connectivity index (χ0n) is 10.2. The number of morpholine rings is 2. The van der Waals surface area contributed by atoms with E-state index in [0.717, 1.165) is 70.8 Å². The van der Waals surface area contributed by atoms with Crippen LogP contribution in [0.5, 0.6) is 0 Å². The maximum absolute atomic E-state index is 5.36. The highest BCUT2D eigenvalue weighted by atomic mass is 32.1. The second kappa shape index (κ2) is 7.10. The number of rotatable bonds is 3. The maximum Gasteiger partial charge on any atom is 0.169 e. The van der Waals surface area contributed by atoms with Gasteiger partial charge in [-0.25, -0.2) is 0 Å². The molecule has 2 aliphatic rings. The molecule has 98 valence electrons. The number of nitrogens with zero attached hydrogens (tertiary/aromatic N) is 2. The van der Waals surface area contributed by atoms with Crippen molar-refractivity contribution < 1.29 is 9.47 Å². The lowest BCUT2D eigenvalue weighted by Gasteiger charge is -2.31. The summed E-state index contributed by atoms with van der Waals surface area (Å²) in [4.78, 5) is 4.58. The molecular formula is C11H21N3O2S. The van der Waals surface area contributed by atoms with Crippen molar-refractivity contribution in [1.82, 2.24) is 15.1 Å². The minimum Gasteiger partial charge on any atom is -0.379 e. The van der Waals surface area contributed by atoms with Gasteiger partial charge in [-0.15, -0.1) is 0 Å². The van der Waals surface area contributed by atoms with Gasteiger partial charge in [-0.3, -0.25) is 4.90 Å². The summed E-state index contributed by atoms with van der Waals surface area (Å²) in [5.41, 5.74) is 0. The molecule has 2 rings (SSSR count). The van der Waals surface area contributed by atoms with Gasteiger partial charge in [-0.1, -0.05) is 0 Å². The van der Waals surface area contributed by atoms with Gasteiger partial charge in [-0.05, 0) is 12.2 Å². The Hall–Kier alpha value is -0.430. The molecule has 0 aromatic carbocycles. The average molecular weight is 259 g/mol. The summed E-state index contributed by atoms with van der Waals surface area (Å²) >= 11 is 5.36. The van der Waals surface area contributed by atoms with Crippen LogP contribution in [0.2, 0.25) is 0 Å². The largest absolute Gasteiger partial charge is 0.379 e. The summed E-state index contributed by atoms with van der Waals surface area (Å²) in [6.45, 7) is 9.10. The molecule has 0 spiro atoms. The minimum atomic E-state index is 0.783. The molecule has 1 N–H and O–H groups in total. The predicted molar refractivity (Wildman–Crippen MR) is 70.3 cm³/mol. The molecule has 0 saturated carbocycles. The smallest absolute Gasteiger partial charge is 0.169 e. The minimum absolute atomic E-state index is 0.783. The Bertz CT molecular complexity index is 241. The molecule has 2 saturated heterocycles. The number of ether oxygens (including phenoxy) is 2. The standard InChI is InChI=1S/C11H21N3O2S/c17-11(14-5-9-16-10-6-14)12-1-2-13-3-7-15-8-4-13/h1-10H2,(H,12,17). The molecule has 2 aliphatic heterocycles. The van der Waals surface area contributed by atoms with E-state index >= 15 is 0 Å². The van der Waals surface area contributed by atoms with Crippen LogP contribution >= 0.6 is 12.2 Å². The lowest BCUT2D eigenvalue weighted by atomic mass is 10.4. The summed E-state index contributed by atoms with van der Waals surface area (Å²) in [5.74, 6) is 0. The van der Waals surface area contributed by atoms with E-state index < -0.39 is 0 Å². The third-order valence-corrected chi connectivity index (χ3v) is 3.51. The van der Waals surface area contributed by atoms with Gasteiger partial charge in [-0.2, -0.15) is 0 Å². The molecule has 0 aromatic heterocycles. The molecule has 0 unspecified atom stereocenters. The van der Waals surface area contributed by atoms with Crippen molar-refractivity contribution in [3.05, 3.63) is 0 Å². The SMILES string of the molecule is S=C(NCCN1CCOCC1)N1CCOCC1. The molecule has 0 atom stereocenters. The van der Waals surface area contributed by atoms with Crippen LogP contribution < -0.4 is 5.32 Å². The van der Waals surface area contributed by atoms with Crippen LogP contribution in [0.4, 0.5) is 0 Å². The van der Waals surface area contributed by atoms with E-state index in [4.69, 9.17) is 21.7 Å². The molecule has 2 fully saturated rings. The van der Waals surface area contributed by atoms with E-state index in [1.807, 2.05) is 0 Å². The average Bonchev–Trinajstić information content (AvgIpc) is 2.41. The monoisotopic (exact) mass is 259 g/mol. The van der Waals surface area contributed by atoms with Crippen LogP contribution in [-0.4, -0.2) is 80.6 Å². The third kappa shape index (κ3) is 4.39. The Morgan fingerprint density at radius 3 is 2.24 bits per heavy atom. The summed E-state index contributed by atoms with van der Waals surface area (Å²) in [6.07, 6.45) is 0. The Morgan fingerprint density at radius 1 is 1.00 bits per heavy atom. The first-order valence-electron chi connectivity index (χ1n) is 6.27. The summed E-state index contributed by atoms with van der Waals surface area (Å²) < 4.78 is 10.6. The Balaban J connectivity index is 1.58. The van der Waals surface area contributed by atoms with Crippen LogP contribution in [0, 0.1) is 0 Å². The van der Waals surface area contributed by atoms with Gasteiger partial charge in [0.2, 0.25) is 0 Å². The van der Waals surface area contributed by atoms with E-state index in [-0.39, 0.29) is 0 Å². The molecule has 5 nitrogen and oxygen atoms in total. The quantitative estimate of drug-likeness (QED) is 0.690. The molecule has 0 aliphatic carbocycles. The second-order valence-corrected chi connectivity index (χ2v) is 4.67. The lowest BCUT2D eigenvalue weighted by Crippen LogP contribution is -2.48. The molecule has 0 bridgehead atoms. The number of nitrogens with one attached hydrogen (secondary N) is 1. The van der Waals surface area contributed by atoms with Crippen molar-refractivity contribution in [2.75, 3.05) is 65.7 Å². The summed E-state index contributed by atoms with van der Waals surface area (Å²) in [7, 11) is 0. The van der Waals surface area contributed by atoms with Gasteiger partial charge in [0.15, 0.2) is 5.11 Å². The zero-order valence-corrected chi connectivity index (χ0v) is 11.0. The van der Waals surface area contributed by atoms with E-state index in [1.54, 1.807) is 0 Å². The van der Waals surface area contributed by atoms with Crippen LogP contribution in [-0.2, 0) is 9.47 Å². The number of thiocarbonyl (C=S) groups is 1. The molecule has 2 heterocycles. The van der Waals surface area contributed by atoms with Crippen molar-refractivity contribution in [2.24, 2.45) is 0 Å². The van der Waals surface area contributed by atoms with Crippen molar-refractivity contribution in [3.63, 3.8) is 0 Å². The lowest BCUT2D eigenvalue weighted by molar-refractivity contribution is 0.0386. The molecule has 0 aromatic rings. The third-order valence-electron chi connectivity index (χ3n) is 3.11. The topological polar surface area (TPSA) is 37.0 Å². The Morgan fingerprint density at radius 2 is 1.59 bits per heavy atom. The highest BCUT2D eigenvalue weighted by Crippen LogP contribution is 1.98. The van der Waals surface area contributed by atoms with Crippen molar-refractivity contribution in [3.8, 4) is 0 Å². The van der Waals surface area contributed by atoms with Gasteiger partial charge >= 0.3 is 0 Å². The van der Waals surface area contributed by atoms with Crippen molar-refractivity contribution >= 4 is 17.3 Å². The van der Waals surface area contributed by atoms with Gasteiger partial charge in [0, 0.05) is 39.3 Å². The molecule has 0 amide bonds. The van der Waals surface area contributed by atoms with Crippen LogP contribution in [0.15, 0.2) is 0 Å². The Kier molecular flexibility index (Phi) is 5.44. The fourth-order valence-corrected chi connectivity index (χ4v) is 2.31. The van der Waals surface area contributed by atoms with Crippen molar-refractivity contribution in [2.45, 2.75) is 0 Å². The zero-order chi connectivity index (χ0) is 11.9. The fraction of sp³-hybridized carbons (Fsp3) is 0.909. The maximum atomic E-state index is 5.36. The van der Waals surface area contributed by atoms with Gasteiger partial charge in [0.25, 0.3) is 0 Å². The highest BCUT2D eigenvalue weighted by molar-refractivity contribution is 7.80. The molecular weight excluding hydrogens is 238 g/mol. The first-order chi connectivity index (χ1) is 8.36. The Labute approximate surface area is 108 Å². The van der Waals surface area contributed by atoms with Crippen LogP contribution in [0.1, 0.15) is 0 Å². The van der Waals surface area contributed by atoms with Gasteiger partial charge in [0.1, 0.15) is 0 Å². The molecule has 6 heteroatoms. The second-order valence-electron chi connectivity index (χ2n) is 4.29. The molecule has 17 heavy (non-hydrogen) atoms. The van der Waals surface area contributed by atoms with E-state index in [2.05, 4.69) is 15.1 Å². The number of hydrogen-bond donors (Lipinski definition) is 1. The first kappa shape index (κ1) is 13.0. The van der Waals surface area contributed by atoms with E-state index in [9.17, 15) is 0 Å². The normalized spacial score (nSPS) is 22.5. The highest BCUT2D eigenvalue weighted by Gasteiger charge is 2.14. The molecule has 0 radical (unpaired) electrons. The van der Waals surface area contributed by atoms with Crippen molar-refractivity contribution in [1.29, 1.82) is 0 Å². The number of hydrogen-bond acceptors (Lipinski definition) is 4. The predicted octanol–water partition coefficient (Wildman–Crippen LogP) is -0.475. The summed E-state index contributed by atoms with van der Waals surface area (Å²) in [6, 6.07) is 0. The van der Waals surface area contributed by atoms with Gasteiger partial charge < -0.3 is 19.7 Å². The fourth-order valence-electron chi connectivity index (χ4n) is 2.02. The van der Waals surface area contributed by atoms with Crippen LogP contribution in [0.25, 0.3) is 0 Å². The van der Waals surface area contributed by atoms with E-state index in [1.165, 1.54) is 0 Å². The van der Waals surface area contributed by atoms with E-state index in [0.29, 0.717) is 0 Å². The first-order valence-corrected chi connectivity index (χ1v) is 6.68. The summed E-state index contributed by atoms with van der Waals surface area (Å²) in [5, 5.41) is 4.18. The van der Waals surface area contributed by atoms with Gasteiger partial charge in [0.05, 0.1) is 26.4 Å².